The zero-order valence-corrected chi connectivity index (χ0v) is 13.6. The molecule has 0 saturated carbocycles. The van der Waals surface area contributed by atoms with Crippen molar-refractivity contribution in [2.24, 2.45) is 0 Å². The number of furan rings is 1. The van der Waals surface area contributed by atoms with E-state index in [1.54, 1.807) is 18.7 Å². The Morgan fingerprint density at radius 2 is 2.25 bits per heavy atom. The van der Waals surface area contributed by atoms with Gasteiger partial charge in [0.05, 0.1) is 19.1 Å². The van der Waals surface area contributed by atoms with E-state index in [0.717, 1.165) is 31.9 Å². The first kappa shape index (κ1) is 15.0. The SMILES string of the molecule is Cc1ccnc(OC2CN(Cc3ccoc3)Cc3cccn3C2)n1. The van der Waals surface area contributed by atoms with Crippen LogP contribution in [-0.2, 0) is 19.6 Å². The first-order valence-electron chi connectivity index (χ1n) is 8.10. The molecule has 1 aliphatic rings. The first-order chi connectivity index (χ1) is 11.8. The zero-order valence-electron chi connectivity index (χ0n) is 13.6. The minimum Gasteiger partial charge on any atom is -0.472 e. The Balaban J connectivity index is 1.54. The second kappa shape index (κ2) is 6.49. The Kier molecular flexibility index (Phi) is 4.04. The van der Waals surface area contributed by atoms with Crippen molar-refractivity contribution in [1.82, 2.24) is 19.4 Å². The molecule has 0 aliphatic carbocycles. The van der Waals surface area contributed by atoms with Gasteiger partial charge in [0.15, 0.2) is 0 Å². The molecule has 6 nitrogen and oxygen atoms in total. The highest BCUT2D eigenvalue weighted by molar-refractivity contribution is 5.11. The third kappa shape index (κ3) is 3.33. The fourth-order valence-electron chi connectivity index (χ4n) is 3.10. The number of ether oxygens (including phenoxy) is 1. The molecular formula is C18H20N4O2. The minimum atomic E-state index is -0.00708. The summed E-state index contributed by atoms with van der Waals surface area (Å²) in [6.45, 7) is 5.26. The molecule has 4 rings (SSSR count). The quantitative estimate of drug-likeness (QED) is 0.738. The maximum atomic E-state index is 6.08. The molecule has 0 N–H and O–H groups in total. The van der Waals surface area contributed by atoms with Crippen molar-refractivity contribution in [3.63, 3.8) is 0 Å². The first-order valence-corrected chi connectivity index (χ1v) is 8.10. The van der Waals surface area contributed by atoms with Crippen molar-refractivity contribution in [2.45, 2.75) is 32.7 Å². The van der Waals surface area contributed by atoms with Crippen molar-refractivity contribution >= 4 is 0 Å². The summed E-state index contributed by atoms with van der Waals surface area (Å²) in [5.41, 5.74) is 3.36. The van der Waals surface area contributed by atoms with E-state index in [1.165, 1.54) is 11.3 Å². The molecular weight excluding hydrogens is 304 g/mol. The normalized spacial score (nSPS) is 18.1. The highest BCUT2D eigenvalue weighted by Crippen LogP contribution is 2.18. The molecule has 0 radical (unpaired) electrons. The van der Waals surface area contributed by atoms with Crippen LogP contribution in [0.4, 0.5) is 0 Å². The number of rotatable bonds is 4. The van der Waals surface area contributed by atoms with Crippen molar-refractivity contribution in [3.05, 3.63) is 66.1 Å². The molecule has 0 aromatic carbocycles. The number of hydrogen-bond acceptors (Lipinski definition) is 5. The number of fused-ring (bicyclic) bond motifs is 1. The third-order valence-electron chi connectivity index (χ3n) is 4.20. The summed E-state index contributed by atoms with van der Waals surface area (Å²) in [5, 5.41) is 0. The average Bonchev–Trinajstić information content (AvgIpc) is 3.17. The zero-order chi connectivity index (χ0) is 16.4. The van der Waals surface area contributed by atoms with Crippen molar-refractivity contribution in [1.29, 1.82) is 0 Å². The fourth-order valence-corrected chi connectivity index (χ4v) is 3.10. The maximum Gasteiger partial charge on any atom is 0.316 e. The summed E-state index contributed by atoms with van der Waals surface area (Å²) in [5.74, 6) is 0. The van der Waals surface area contributed by atoms with E-state index >= 15 is 0 Å². The summed E-state index contributed by atoms with van der Waals surface area (Å²) < 4.78 is 13.5. The molecule has 24 heavy (non-hydrogen) atoms. The highest BCUT2D eigenvalue weighted by atomic mass is 16.5. The smallest absolute Gasteiger partial charge is 0.316 e. The lowest BCUT2D eigenvalue weighted by Gasteiger charge is -2.23. The molecule has 124 valence electrons. The van der Waals surface area contributed by atoms with Crippen LogP contribution in [0.15, 0.2) is 53.6 Å². The molecule has 0 spiro atoms. The highest BCUT2D eigenvalue weighted by Gasteiger charge is 2.23. The summed E-state index contributed by atoms with van der Waals surface area (Å²) in [6.07, 6.45) is 7.34. The molecule has 0 saturated heterocycles. The lowest BCUT2D eigenvalue weighted by atomic mass is 10.2. The van der Waals surface area contributed by atoms with Gasteiger partial charge < -0.3 is 13.7 Å². The Hall–Kier alpha value is -2.60. The summed E-state index contributed by atoms with van der Waals surface area (Å²) in [4.78, 5) is 11.0. The van der Waals surface area contributed by atoms with E-state index in [-0.39, 0.29) is 6.10 Å². The van der Waals surface area contributed by atoms with Crippen LogP contribution in [0.3, 0.4) is 0 Å². The molecule has 3 aromatic rings. The molecule has 3 aromatic heterocycles. The van der Waals surface area contributed by atoms with Gasteiger partial charge in [0.1, 0.15) is 6.10 Å². The summed E-state index contributed by atoms with van der Waals surface area (Å²) in [6, 6.07) is 8.56. The van der Waals surface area contributed by atoms with Crippen LogP contribution in [0, 0.1) is 6.92 Å². The van der Waals surface area contributed by atoms with Crippen molar-refractivity contribution in [2.75, 3.05) is 6.54 Å². The second-order valence-corrected chi connectivity index (χ2v) is 6.17. The predicted octanol–water partition coefficient (Wildman–Crippen LogP) is 2.64. The topological polar surface area (TPSA) is 56.3 Å². The number of aromatic nitrogens is 3. The van der Waals surface area contributed by atoms with Gasteiger partial charge in [0.25, 0.3) is 0 Å². The van der Waals surface area contributed by atoms with Crippen molar-refractivity contribution in [3.8, 4) is 6.01 Å². The Labute approximate surface area is 140 Å². The van der Waals surface area contributed by atoms with E-state index in [1.807, 2.05) is 19.1 Å². The molecule has 0 bridgehead atoms. The van der Waals surface area contributed by atoms with Crippen LogP contribution in [0.5, 0.6) is 6.01 Å². The van der Waals surface area contributed by atoms with Gasteiger partial charge in [0.2, 0.25) is 0 Å². The van der Waals surface area contributed by atoms with Gasteiger partial charge in [0, 0.05) is 49.0 Å². The predicted molar refractivity (Wildman–Crippen MR) is 88.4 cm³/mol. The largest absolute Gasteiger partial charge is 0.472 e. The van der Waals surface area contributed by atoms with Gasteiger partial charge in [-0.05, 0) is 31.2 Å². The van der Waals surface area contributed by atoms with Gasteiger partial charge in [-0.1, -0.05) is 0 Å². The molecule has 4 heterocycles. The van der Waals surface area contributed by atoms with E-state index in [0.29, 0.717) is 6.01 Å². The van der Waals surface area contributed by atoms with Crippen LogP contribution >= 0.6 is 0 Å². The van der Waals surface area contributed by atoms with Crippen LogP contribution < -0.4 is 4.74 Å². The number of nitrogens with zero attached hydrogens (tertiary/aromatic N) is 4. The lowest BCUT2D eigenvalue weighted by Crippen LogP contribution is -2.35. The Bertz CT molecular complexity index is 797. The van der Waals surface area contributed by atoms with E-state index < -0.39 is 0 Å². The summed E-state index contributed by atoms with van der Waals surface area (Å²) >= 11 is 0. The van der Waals surface area contributed by atoms with Gasteiger partial charge in [-0.3, -0.25) is 4.90 Å². The summed E-state index contributed by atoms with van der Waals surface area (Å²) in [7, 11) is 0. The van der Waals surface area contributed by atoms with Crippen LogP contribution in [0.2, 0.25) is 0 Å². The molecule has 1 unspecified atom stereocenters. The fraction of sp³-hybridized carbons (Fsp3) is 0.333. The standard InChI is InChI=1S/C18H20N4O2/c1-14-4-6-19-18(20-14)24-17-11-21(9-15-5-8-23-13-15)10-16-3-2-7-22(16)12-17/h2-8,13,17H,9-12H2,1H3. The molecule has 0 amide bonds. The number of aryl methyl sites for hydroxylation is 1. The lowest BCUT2D eigenvalue weighted by molar-refractivity contribution is 0.114. The average molecular weight is 324 g/mol. The Morgan fingerprint density at radius 3 is 3.08 bits per heavy atom. The molecule has 1 atom stereocenters. The van der Waals surface area contributed by atoms with E-state index in [2.05, 4.69) is 37.8 Å². The minimum absolute atomic E-state index is 0.00708. The molecule has 1 aliphatic heterocycles. The number of hydrogen-bond donors (Lipinski definition) is 0. The van der Waals surface area contributed by atoms with E-state index in [4.69, 9.17) is 9.15 Å². The molecule has 0 fully saturated rings. The van der Waals surface area contributed by atoms with Gasteiger partial charge in [-0.15, -0.1) is 0 Å². The maximum absolute atomic E-state index is 6.08. The van der Waals surface area contributed by atoms with Crippen LogP contribution in [0.1, 0.15) is 17.0 Å². The molecule has 6 heteroatoms. The van der Waals surface area contributed by atoms with E-state index in [9.17, 15) is 0 Å². The monoisotopic (exact) mass is 324 g/mol. The van der Waals surface area contributed by atoms with Crippen LogP contribution in [-0.4, -0.2) is 32.1 Å². The Morgan fingerprint density at radius 1 is 1.29 bits per heavy atom. The van der Waals surface area contributed by atoms with Crippen molar-refractivity contribution < 1.29 is 9.15 Å². The second-order valence-electron chi connectivity index (χ2n) is 6.17. The third-order valence-corrected chi connectivity index (χ3v) is 4.20. The van der Waals surface area contributed by atoms with Gasteiger partial charge in [-0.25, -0.2) is 9.97 Å². The van der Waals surface area contributed by atoms with Crippen LogP contribution in [0.25, 0.3) is 0 Å². The van der Waals surface area contributed by atoms with Gasteiger partial charge in [-0.2, -0.15) is 0 Å². The van der Waals surface area contributed by atoms with Gasteiger partial charge >= 0.3 is 6.01 Å².